The molecule has 0 bridgehead atoms. The topological polar surface area (TPSA) is 45.0 Å². The van der Waals surface area contributed by atoms with Crippen LogP contribution in [0.5, 0.6) is 5.75 Å². The van der Waals surface area contributed by atoms with Gasteiger partial charge in [0.2, 0.25) is 0 Å². The first-order chi connectivity index (χ1) is 15.6. The van der Waals surface area contributed by atoms with Crippen LogP contribution in [0.4, 0.5) is 4.39 Å². The van der Waals surface area contributed by atoms with Gasteiger partial charge in [0.15, 0.2) is 0 Å². The largest absolute Gasteiger partial charge is 0.497 e. The van der Waals surface area contributed by atoms with E-state index in [2.05, 4.69) is 20.8 Å². The van der Waals surface area contributed by atoms with Crippen molar-refractivity contribution >= 4 is 11.6 Å². The minimum atomic E-state index is -0.248. The van der Waals surface area contributed by atoms with E-state index in [4.69, 9.17) is 22.1 Å². The Hall–Kier alpha value is -1.70. The SMILES string of the molecule is COc1cccc(CN(CCCN2CCN(CCCN)CC2)Cc2c(F)cccc2Cl)c1. The Morgan fingerprint density at radius 3 is 2.34 bits per heavy atom. The molecule has 3 rings (SSSR count). The van der Waals surface area contributed by atoms with Gasteiger partial charge in [-0.15, -0.1) is 0 Å². The summed E-state index contributed by atoms with van der Waals surface area (Å²) in [4.78, 5) is 7.30. The summed E-state index contributed by atoms with van der Waals surface area (Å²) in [5.74, 6) is 0.584. The third-order valence-electron chi connectivity index (χ3n) is 6.08. The molecule has 1 aliphatic heterocycles. The van der Waals surface area contributed by atoms with Crippen LogP contribution in [-0.2, 0) is 13.1 Å². The standard InChI is InChI=1S/C25H36ClFN4O/c1-32-22-7-2-6-21(18-22)19-31(20-23-24(26)8-3-9-25(23)27)13-5-12-30-16-14-29(15-17-30)11-4-10-28/h2-3,6-9,18H,4-5,10-17,19-20,28H2,1H3. The molecule has 0 radical (unpaired) electrons. The van der Waals surface area contributed by atoms with Crippen LogP contribution in [0.1, 0.15) is 24.0 Å². The third kappa shape index (κ3) is 7.71. The van der Waals surface area contributed by atoms with Crippen molar-refractivity contribution in [1.29, 1.82) is 0 Å². The quantitative estimate of drug-likeness (QED) is 0.519. The first-order valence-corrected chi connectivity index (χ1v) is 11.9. The van der Waals surface area contributed by atoms with Crippen molar-refractivity contribution in [2.45, 2.75) is 25.9 Å². The van der Waals surface area contributed by atoms with Gasteiger partial charge in [-0.25, -0.2) is 4.39 Å². The Balaban J connectivity index is 1.57. The zero-order valence-electron chi connectivity index (χ0n) is 19.1. The summed E-state index contributed by atoms with van der Waals surface area (Å²) in [6.45, 7) is 9.39. The van der Waals surface area contributed by atoms with Gasteiger partial charge in [-0.1, -0.05) is 29.8 Å². The zero-order valence-corrected chi connectivity index (χ0v) is 19.9. The van der Waals surface area contributed by atoms with Crippen LogP contribution >= 0.6 is 11.6 Å². The first-order valence-electron chi connectivity index (χ1n) is 11.5. The van der Waals surface area contributed by atoms with Crippen molar-refractivity contribution in [1.82, 2.24) is 14.7 Å². The molecule has 1 aliphatic rings. The van der Waals surface area contributed by atoms with Crippen molar-refractivity contribution < 1.29 is 9.13 Å². The fraction of sp³-hybridized carbons (Fsp3) is 0.520. The Labute approximate surface area is 196 Å². The molecular weight excluding hydrogens is 427 g/mol. The second kappa shape index (κ2) is 13.1. The van der Waals surface area contributed by atoms with Gasteiger partial charge in [-0.3, -0.25) is 4.90 Å². The molecule has 0 saturated carbocycles. The minimum Gasteiger partial charge on any atom is -0.497 e. The molecular formula is C25H36ClFN4O. The fourth-order valence-electron chi connectivity index (χ4n) is 4.22. The van der Waals surface area contributed by atoms with E-state index in [0.29, 0.717) is 23.7 Å². The Morgan fingerprint density at radius 1 is 1.00 bits per heavy atom. The smallest absolute Gasteiger partial charge is 0.129 e. The summed E-state index contributed by atoms with van der Waals surface area (Å²) >= 11 is 6.32. The lowest BCUT2D eigenvalue weighted by Gasteiger charge is -2.35. The van der Waals surface area contributed by atoms with E-state index in [9.17, 15) is 4.39 Å². The lowest BCUT2D eigenvalue weighted by atomic mass is 10.1. The Bertz CT molecular complexity index is 809. The molecule has 176 valence electrons. The van der Waals surface area contributed by atoms with Gasteiger partial charge in [0, 0.05) is 56.4 Å². The molecule has 0 amide bonds. The average molecular weight is 463 g/mol. The number of hydrogen-bond acceptors (Lipinski definition) is 5. The van der Waals surface area contributed by atoms with Gasteiger partial charge in [0.25, 0.3) is 0 Å². The van der Waals surface area contributed by atoms with Gasteiger partial charge in [-0.05, 0) is 62.3 Å². The van der Waals surface area contributed by atoms with Crippen molar-refractivity contribution in [3.05, 3.63) is 64.4 Å². The van der Waals surface area contributed by atoms with E-state index in [1.165, 1.54) is 6.07 Å². The van der Waals surface area contributed by atoms with Crippen molar-refractivity contribution in [3.63, 3.8) is 0 Å². The monoisotopic (exact) mass is 462 g/mol. The molecule has 5 nitrogen and oxygen atoms in total. The number of nitrogens with two attached hydrogens (primary N) is 1. The molecule has 0 aliphatic carbocycles. The molecule has 0 spiro atoms. The average Bonchev–Trinajstić information content (AvgIpc) is 2.81. The van der Waals surface area contributed by atoms with Gasteiger partial charge in [0.05, 0.1) is 7.11 Å². The number of nitrogens with zero attached hydrogens (tertiary/aromatic N) is 3. The summed E-state index contributed by atoms with van der Waals surface area (Å²) < 4.78 is 19.8. The first kappa shape index (κ1) is 24.9. The van der Waals surface area contributed by atoms with Gasteiger partial charge < -0.3 is 20.3 Å². The molecule has 1 saturated heterocycles. The highest BCUT2D eigenvalue weighted by Crippen LogP contribution is 2.23. The van der Waals surface area contributed by atoms with Gasteiger partial charge in [0.1, 0.15) is 11.6 Å². The summed E-state index contributed by atoms with van der Waals surface area (Å²) in [7, 11) is 1.67. The molecule has 2 N–H and O–H groups in total. The predicted molar refractivity (Wildman–Crippen MR) is 130 cm³/mol. The fourth-order valence-corrected chi connectivity index (χ4v) is 4.44. The van der Waals surface area contributed by atoms with E-state index < -0.39 is 0 Å². The van der Waals surface area contributed by atoms with Crippen LogP contribution in [0.25, 0.3) is 0 Å². The number of piperazine rings is 1. The predicted octanol–water partition coefficient (Wildman–Crippen LogP) is 3.85. The molecule has 2 aromatic carbocycles. The number of rotatable bonds is 12. The molecule has 0 aromatic heterocycles. The second-order valence-electron chi connectivity index (χ2n) is 8.44. The highest BCUT2D eigenvalue weighted by molar-refractivity contribution is 6.31. The van der Waals surface area contributed by atoms with E-state index in [1.54, 1.807) is 19.2 Å². The highest BCUT2D eigenvalue weighted by Gasteiger charge is 2.17. The van der Waals surface area contributed by atoms with Crippen LogP contribution in [0, 0.1) is 5.82 Å². The molecule has 1 fully saturated rings. The maximum Gasteiger partial charge on any atom is 0.129 e. The second-order valence-corrected chi connectivity index (χ2v) is 8.85. The molecule has 7 heteroatoms. The highest BCUT2D eigenvalue weighted by atomic mass is 35.5. The number of halogens is 2. The van der Waals surface area contributed by atoms with Crippen LogP contribution < -0.4 is 10.5 Å². The number of ether oxygens (including phenoxy) is 1. The van der Waals surface area contributed by atoms with E-state index in [0.717, 1.165) is 76.5 Å². The van der Waals surface area contributed by atoms with Crippen LogP contribution in [-0.4, -0.2) is 74.2 Å². The number of benzene rings is 2. The lowest BCUT2D eigenvalue weighted by Crippen LogP contribution is -2.47. The van der Waals surface area contributed by atoms with Crippen molar-refractivity contribution in [3.8, 4) is 5.75 Å². The number of methoxy groups -OCH3 is 1. The normalized spacial score (nSPS) is 15.4. The van der Waals surface area contributed by atoms with E-state index >= 15 is 0 Å². The number of hydrogen-bond donors (Lipinski definition) is 1. The van der Waals surface area contributed by atoms with Gasteiger partial charge >= 0.3 is 0 Å². The molecule has 2 aromatic rings. The third-order valence-corrected chi connectivity index (χ3v) is 6.43. The van der Waals surface area contributed by atoms with Crippen LogP contribution in [0.2, 0.25) is 5.02 Å². The van der Waals surface area contributed by atoms with Crippen LogP contribution in [0.3, 0.4) is 0 Å². The zero-order chi connectivity index (χ0) is 22.8. The lowest BCUT2D eigenvalue weighted by molar-refractivity contribution is 0.125. The molecule has 0 unspecified atom stereocenters. The Morgan fingerprint density at radius 2 is 1.69 bits per heavy atom. The maximum atomic E-state index is 14.5. The molecule has 32 heavy (non-hydrogen) atoms. The van der Waals surface area contributed by atoms with Crippen molar-refractivity contribution in [2.24, 2.45) is 5.73 Å². The summed E-state index contributed by atoms with van der Waals surface area (Å²) in [5, 5.41) is 0.481. The maximum absolute atomic E-state index is 14.5. The Kier molecular flexibility index (Phi) is 10.2. The van der Waals surface area contributed by atoms with Gasteiger partial charge in [-0.2, -0.15) is 0 Å². The summed E-state index contributed by atoms with van der Waals surface area (Å²) in [6, 6.07) is 12.9. The molecule has 0 atom stereocenters. The molecule has 1 heterocycles. The van der Waals surface area contributed by atoms with E-state index in [-0.39, 0.29) is 5.82 Å². The van der Waals surface area contributed by atoms with Crippen molar-refractivity contribution in [2.75, 3.05) is 59.5 Å². The summed E-state index contributed by atoms with van der Waals surface area (Å²) in [6.07, 6.45) is 2.09. The summed E-state index contributed by atoms with van der Waals surface area (Å²) in [5.41, 5.74) is 7.34. The van der Waals surface area contributed by atoms with E-state index in [1.807, 2.05) is 18.2 Å². The van der Waals surface area contributed by atoms with Crippen LogP contribution in [0.15, 0.2) is 42.5 Å². The minimum absolute atomic E-state index is 0.248.